The van der Waals surface area contributed by atoms with Crippen LogP contribution in [0.5, 0.6) is 0 Å². The molecule has 1 aromatic rings. The number of halogens is 3. The maximum atomic E-state index is 12.6. The summed E-state index contributed by atoms with van der Waals surface area (Å²) in [6, 6.07) is 0. The Morgan fingerprint density at radius 2 is 2.19 bits per heavy atom. The number of pyridine rings is 1. The van der Waals surface area contributed by atoms with Crippen LogP contribution >= 0.6 is 11.6 Å². The Morgan fingerprint density at radius 1 is 1.62 bits per heavy atom. The highest BCUT2D eigenvalue weighted by Gasteiger charge is 2.27. The van der Waals surface area contributed by atoms with Crippen LogP contribution in [0, 0.1) is 17.0 Å². The molecule has 0 radical (unpaired) electrons. The van der Waals surface area contributed by atoms with Gasteiger partial charge in [0.15, 0.2) is 0 Å². The maximum absolute atomic E-state index is 12.6. The molecule has 0 atom stereocenters. The molecule has 0 saturated heterocycles. The summed E-state index contributed by atoms with van der Waals surface area (Å²) in [7, 11) is 0. The van der Waals surface area contributed by atoms with Crippen molar-refractivity contribution in [1.82, 2.24) is 4.98 Å². The molecule has 0 aliphatic carbocycles. The average Bonchev–Trinajstić information content (AvgIpc) is 2.15. The number of aromatic nitrogens is 1. The van der Waals surface area contributed by atoms with Crippen LogP contribution in [0.2, 0.25) is 0 Å². The molecule has 0 fully saturated rings. The van der Waals surface area contributed by atoms with Crippen LogP contribution in [0.1, 0.15) is 28.0 Å². The van der Waals surface area contributed by atoms with Crippen molar-refractivity contribution in [2.75, 3.05) is 0 Å². The molecule has 0 saturated carbocycles. The summed E-state index contributed by atoms with van der Waals surface area (Å²) in [6.45, 7) is 1.14. The molecule has 8 heteroatoms. The minimum absolute atomic E-state index is 0.274. The van der Waals surface area contributed by atoms with Crippen LogP contribution < -0.4 is 0 Å². The van der Waals surface area contributed by atoms with Gasteiger partial charge in [0.1, 0.15) is 17.5 Å². The first-order chi connectivity index (χ1) is 7.36. The maximum Gasteiger partial charge on any atom is 0.296 e. The zero-order chi connectivity index (χ0) is 12.5. The molecule has 1 heterocycles. The van der Waals surface area contributed by atoms with E-state index in [0.717, 1.165) is 6.92 Å². The first-order valence-electron chi connectivity index (χ1n) is 3.98. The van der Waals surface area contributed by atoms with E-state index in [9.17, 15) is 23.7 Å². The van der Waals surface area contributed by atoms with Gasteiger partial charge in [-0.15, -0.1) is 0 Å². The Balaban J connectivity index is 3.54. The van der Waals surface area contributed by atoms with E-state index in [-0.39, 0.29) is 5.56 Å². The van der Waals surface area contributed by atoms with Crippen LogP contribution in [0.4, 0.5) is 14.5 Å². The van der Waals surface area contributed by atoms with Crippen molar-refractivity contribution in [1.29, 1.82) is 0 Å². The first-order valence-corrected chi connectivity index (χ1v) is 4.36. The highest BCUT2D eigenvalue weighted by atomic mass is 35.5. The molecule has 1 rings (SSSR count). The molecule has 0 spiro atoms. The second kappa shape index (κ2) is 4.48. The summed E-state index contributed by atoms with van der Waals surface area (Å²) in [5.74, 6) is 0. The molecular weight excluding hydrogens is 246 g/mol. The van der Waals surface area contributed by atoms with Gasteiger partial charge in [-0.2, -0.15) is 0 Å². The van der Waals surface area contributed by atoms with Gasteiger partial charge >= 0.3 is 0 Å². The lowest BCUT2D eigenvalue weighted by Crippen LogP contribution is -2.06. The Hall–Kier alpha value is -1.63. The summed E-state index contributed by atoms with van der Waals surface area (Å²) in [4.78, 5) is 23.7. The molecule has 0 N–H and O–H groups in total. The SMILES string of the molecule is Cc1c(C(=O)Cl)ncc([N+](=O)[O-])c1C(F)F. The largest absolute Gasteiger partial charge is 0.296 e. The number of carbonyl (C=O) groups excluding carboxylic acids is 1. The zero-order valence-corrected chi connectivity index (χ0v) is 8.66. The average molecular weight is 251 g/mol. The van der Waals surface area contributed by atoms with Crippen molar-refractivity contribution >= 4 is 22.5 Å². The van der Waals surface area contributed by atoms with Gasteiger partial charge in [-0.25, -0.2) is 13.8 Å². The van der Waals surface area contributed by atoms with Crippen LogP contribution in [0.25, 0.3) is 0 Å². The fourth-order valence-corrected chi connectivity index (χ4v) is 1.42. The molecule has 1 aromatic heterocycles. The number of hydrogen-bond donors (Lipinski definition) is 0. The normalized spacial score (nSPS) is 10.6. The van der Waals surface area contributed by atoms with E-state index in [4.69, 9.17) is 11.6 Å². The molecule has 0 amide bonds. The van der Waals surface area contributed by atoms with Gasteiger partial charge in [0.2, 0.25) is 0 Å². The van der Waals surface area contributed by atoms with Gasteiger partial charge in [-0.05, 0) is 24.1 Å². The first kappa shape index (κ1) is 12.4. The van der Waals surface area contributed by atoms with Crippen molar-refractivity contribution in [3.05, 3.63) is 33.1 Å². The third-order valence-electron chi connectivity index (χ3n) is 1.95. The molecule has 5 nitrogen and oxygen atoms in total. The quantitative estimate of drug-likeness (QED) is 0.469. The fraction of sp³-hybridized carbons (Fsp3) is 0.250. The predicted octanol–water partition coefficient (Wildman–Crippen LogP) is 2.61. The number of alkyl halides is 2. The molecular formula is C8H5ClF2N2O3. The summed E-state index contributed by atoms with van der Waals surface area (Å²) in [5.41, 5.74) is -2.33. The molecule has 0 aliphatic rings. The Morgan fingerprint density at radius 3 is 2.56 bits per heavy atom. The predicted molar refractivity (Wildman–Crippen MR) is 50.8 cm³/mol. The number of hydrogen-bond acceptors (Lipinski definition) is 4. The molecule has 16 heavy (non-hydrogen) atoms. The van der Waals surface area contributed by atoms with Crippen molar-refractivity contribution in [3.8, 4) is 0 Å². The Kier molecular flexibility index (Phi) is 3.48. The van der Waals surface area contributed by atoms with Gasteiger partial charge < -0.3 is 0 Å². The summed E-state index contributed by atoms with van der Waals surface area (Å²) in [5, 5.41) is 9.44. The number of nitrogens with zero attached hydrogens (tertiary/aromatic N) is 2. The van der Waals surface area contributed by atoms with E-state index in [1.54, 1.807) is 0 Å². The molecule has 0 aromatic carbocycles. The smallest absolute Gasteiger partial charge is 0.274 e. The van der Waals surface area contributed by atoms with Crippen LogP contribution in [0.3, 0.4) is 0 Å². The lowest BCUT2D eigenvalue weighted by atomic mass is 10.1. The van der Waals surface area contributed by atoms with Crippen molar-refractivity contribution in [3.63, 3.8) is 0 Å². The zero-order valence-electron chi connectivity index (χ0n) is 7.91. The third kappa shape index (κ3) is 2.13. The van der Waals surface area contributed by atoms with E-state index in [2.05, 4.69) is 4.98 Å². The van der Waals surface area contributed by atoms with Crippen LogP contribution in [-0.2, 0) is 0 Å². The fourth-order valence-electron chi connectivity index (χ4n) is 1.23. The summed E-state index contributed by atoms with van der Waals surface area (Å²) < 4.78 is 25.2. The minimum atomic E-state index is -3.07. The monoisotopic (exact) mass is 250 g/mol. The van der Waals surface area contributed by atoms with E-state index >= 15 is 0 Å². The summed E-state index contributed by atoms with van der Waals surface area (Å²) >= 11 is 5.10. The van der Waals surface area contributed by atoms with Crippen LogP contribution in [0.15, 0.2) is 6.20 Å². The van der Waals surface area contributed by atoms with Gasteiger partial charge in [0.05, 0.1) is 4.92 Å². The lowest BCUT2D eigenvalue weighted by molar-refractivity contribution is -0.386. The number of carbonyl (C=O) groups is 1. The highest BCUT2D eigenvalue weighted by Crippen LogP contribution is 2.32. The number of rotatable bonds is 3. The van der Waals surface area contributed by atoms with Gasteiger partial charge in [-0.3, -0.25) is 14.9 Å². The van der Waals surface area contributed by atoms with E-state index in [0.29, 0.717) is 6.20 Å². The molecule has 0 aliphatic heterocycles. The van der Waals surface area contributed by atoms with Crippen molar-refractivity contribution < 1.29 is 18.5 Å². The summed E-state index contributed by atoms with van der Waals surface area (Å²) in [6.07, 6.45) is -2.47. The third-order valence-corrected chi connectivity index (χ3v) is 2.13. The molecule has 86 valence electrons. The molecule has 0 unspecified atom stereocenters. The van der Waals surface area contributed by atoms with Crippen molar-refractivity contribution in [2.24, 2.45) is 0 Å². The van der Waals surface area contributed by atoms with E-state index in [1.165, 1.54) is 0 Å². The number of nitro groups is 1. The van der Waals surface area contributed by atoms with E-state index < -0.39 is 33.5 Å². The minimum Gasteiger partial charge on any atom is -0.274 e. The molecule has 0 bridgehead atoms. The van der Waals surface area contributed by atoms with Gasteiger partial charge in [0, 0.05) is 0 Å². The highest BCUT2D eigenvalue weighted by molar-refractivity contribution is 6.67. The Bertz CT molecular complexity index is 465. The van der Waals surface area contributed by atoms with Gasteiger partial charge in [0.25, 0.3) is 17.4 Å². The second-order valence-electron chi connectivity index (χ2n) is 2.86. The topological polar surface area (TPSA) is 73.1 Å². The lowest BCUT2D eigenvalue weighted by Gasteiger charge is -2.07. The van der Waals surface area contributed by atoms with Gasteiger partial charge in [-0.1, -0.05) is 0 Å². The Labute approximate surface area is 93.2 Å². The van der Waals surface area contributed by atoms with Crippen molar-refractivity contribution in [2.45, 2.75) is 13.3 Å². The van der Waals surface area contributed by atoms with Crippen LogP contribution in [-0.4, -0.2) is 15.1 Å². The standard InChI is InChI=1S/C8H5ClF2N2O3/c1-3-5(8(10)11)4(13(15)16)2-12-6(3)7(9)14/h2,8H,1H3. The van der Waals surface area contributed by atoms with E-state index in [1.807, 2.05) is 0 Å². The second-order valence-corrected chi connectivity index (χ2v) is 3.21.